The molecular formula is C19H23ClN2O2S. The Morgan fingerprint density at radius 1 is 0.960 bits per heavy atom. The lowest BCUT2D eigenvalue weighted by Gasteiger charge is -2.36. The van der Waals surface area contributed by atoms with Gasteiger partial charge < -0.3 is 4.90 Å². The Labute approximate surface area is 155 Å². The molecule has 0 aliphatic carbocycles. The van der Waals surface area contributed by atoms with Crippen molar-refractivity contribution in [1.29, 1.82) is 0 Å². The van der Waals surface area contributed by atoms with Crippen LogP contribution in [0.3, 0.4) is 0 Å². The number of anilines is 1. The van der Waals surface area contributed by atoms with E-state index in [-0.39, 0.29) is 9.92 Å². The molecule has 1 saturated heterocycles. The summed E-state index contributed by atoms with van der Waals surface area (Å²) in [5, 5.41) is 0.289. The number of piperazine rings is 1. The van der Waals surface area contributed by atoms with E-state index in [1.807, 2.05) is 13.0 Å². The van der Waals surface area contributed by atoms with Gasteiger partial charge in [0.15, 0.2) is 0 Å². The van der Waals surface area contributed by atoms with E-state index in [2.05, 4.69) is 30.9 Å². The van der Waals surface area contributed by atoms with Crippen LogP contribution in [0.2, 0.25) is 5.02 Å². The van der Waals surface area contributed by atoms with Gasteiger partial charge in [-0.25, -0.2) is 8.42 Å². The van der Waals surface area contributed by atoms with E-state index in [1.54, 1.807) is 18.2 Å². The normalized spacial score (nSPS) is 16.2. The summed E-state index contributed by atoms with van der Waals surface area (Å²) >= 11 is 6.18. The first kappa shape index (κ1) is 18.2. The first-order valence-electron chi connectivity index (χ1n) is 8.38. The summed E-state index contributed by atoms with van der Waals surface area (Å²) in [6.07, 6.45) is 0. The fraction of sp³-hybridized carbons (Fsp3) is 0.368. The lowest BCUT2D eigenvalue weighted by atomic mass is 10.1. The molecule has 25 heavy (non-hydrogen) atoms. The standard InChI is InChI=1S/C19H23ClN2O2S/c1-14-7-8-19(17(20)13-14)25(23,24)22-11-9-21(10-12-22)18-6-4-5-15(2)16(18)3/h4-8,13H,9-12H2,1-3H3. The Bertz CT molecular complexity index is 888. The number of rotatable bonds is 3. The first-order valence-corrected chi connectivity index (χ1v) is 10.2. The first-order chi connectivity index (χ1) is 11.8. The van der Waals surface area contributed by atoms with Crippen LogP contribution in [0.4, 0.5) is 5.69 Å². The van der Waals surface area contributed by atoms with Crippen molar-refractivity contribution in [3.63, 3.8) is 0 Å². The van der Waals surface area contributed by atoms with Crippen LogP contribution in [0.25, 0.3) is 0 Å². The molecule has 0 atom stereocenters. The van der Waals surface area contributed by atoms with E-state index in [0.717, 1.165) is 5.56 Å². The van der Waals surface area contributed by atoms with Gasteiger partial charge in [-0.3, -0.25) is 0 Å². The number of sulfonamides is 1. The Morgan fingerprint density at radius 2 is 1.64 bits per heavy atom. The molecule has 1 aliphatic rings. The second-order valence-corrected chi connectivity index (χ2v) is 8.86. The SMILES string of the molecule is Cc1ccc(S(=O)(=O)N2CCN(c3cccc(C)c3C)CC2)c(Cl)c1. The van der Waals surface area contributed by atoms with Gasteiger partial charge in [-0.2, -0.15) is 4.31 Å². The van der Waals surface area contributed by atoms with Crippen LogP contribution in [0.5, 0.6) is 0 Å². The second-order valence-electron chi connectivity index (χ2n) is 6.54. The zero-order valence-electron chi connectivity index (χ0n) is 14.8. The highest BCUT2D eigenvalue weighted by Gasteiger charge is 2.30. The maximum atomic E-state index is 12.9. The molecule has 0 radical (unpaired) electrons. The van der Waals surface area contributed by atoms with Crippen LogP contribution in [-0.2, 0) is 10.0 Å². The summed E-state index contributed by atoms with van der Waals surface area (Å²) in [7, 11) is -3.56. The van der Waals surface area contributed by atoms with E-state index >= 15 is 0 Å². The summed E-state index contributed by atoms with van der Waals surface area (Å²) in [5.74, 6) is 0. The number of nitrogens with zero attached hydrogens (tertiary/aromatic N) is 2. The Kier molecular flexibility index (Phi) is 5.09. The third kappa shape index (κ3) is 3.54. The van der Waals surface area contributed by atoms with Crippen LogP contribution in [0.15, 0.2) is 41.3 Å². The van der Waals surface area contributed by atoms with E-state index in [9.17, 15) is 8.42 Å². The van der Waals surface area contributed by atoms with E-state index in [4.69, 9.17) is 11.6 Å². The molecule has 0 N–H and O–H groups in total. The Hall–Kier alpha value is -1.56. The maximum Gasteiger partial charge on any atom is 0.244 e. The average molecular weight is 379 g/mol. The highest BCUT2D eigenvalue weighted by Crippen LogP contribution is 2.28. The summed E-state index contributed by atoms with van der Waals surface area (Å²) in [5.41, 5.74) is 4.63. The number of hydrogen-bond acceptors (Lipinski definition) is 3. The van der Waals surface area contributed by atoms with Gasteiger partial charge in [-0.1, -0.05) is 29.8 Å². The predicted octanol–water partition coefficient (Wildman–Crippen LogP) is 3.78. The van der Waals surface area contributed by atoms with E-state index in [1.165, 1.54) is 21.1 Å². The van der Waals surface area contributed by atoms with Crippen LogP contribution in [0, 0.1) is 20.8 Å². The molecule has 4 nitrogen and oxygen atoms in total. The molecule has 0 aromatic heterocycles. The molecule has 1 aliphatic heterocycles. The van der Waals surface area contributed by atoms with Gasteiger partial charge in [0.2, 0.25) is 10.0 Å². The van der Waals surface area contributed by atoms with Crippen molar-refractivity contribution in [1.82, 2.24) is 4.31 Å². The third-order valence-corrected chi connectivity index (χ3v) is 7.24. The number of halogens is 1. The summed E-state index contributed by atoms with van der Waals surface area (Å²) in [6.45, 7) is 8.36. The smallest absolute Gasteiger partial charge is 0.244 e. The minimum Gasteiger partial charge on any atom is -0.369 e. The van der Waals surface area contributed by atoms with Crippen LogP contribution < -0.4 is 4.90 Å². The summed E-state index contributed by atoms with van der Waals surface area (Å²) < 4.78 is 27.3. The van der Waals surface area contributed by atoms with Crippen molar-refractivity contribution >= 4 is 27.3 Å². The zero-order chi connectivity index (χ0) is 18.2. The average Bonchev–Trinajstić information content (AvgIpc) is 2.57. The highest BCUT2D eigenvalue weighted by atomic mass is 35.5. The molecule has 0 spiro atoms. The molecule has 0 unspecified atom stereocenters. The maximum absolute atomic E-state index is 12.9. The molecule has 0 amide bonds. The Morgan fingerprint density at radius 3 is 2.28 bits per heavy atom. The van der Waals surface area contributed by atoms with Crippen LogP contribution >= 0.6 is 11.6 Å². The largest absolute Gasteiger partial charge is 0.369 e. The van der Waals surface area contributed by atoms with Crippen molar-refractivity contribution in [2.45, 2.75) is 25.7 Å². The van der Waals surface area contributed by atoms with E-state index in [0.29, 0.717) is 26.2 Å². The van der Waals surface area contributed by atoms with E-state index < -0.39 is 10.0 Å². The minimum absolute atomic E-state index is 0.194. The molecule has 0 saturated carbocycles. The van der Waals surface area contributed by atoms with Gasteiger partial charge in [-0.15, -0.1) is 0 Å². The van der Waals surface area contributed by atoms with Gasteiger partial charge in [-0.05, 0) is 55.7 Å². The quantitative estimate of drug-likeness (QED) is 0.816. The number of aryl methyl sites for hydroxylation is 2. The molecular weight excluding hydrogens is 356 g/mol. The molecule has 0 bridgehead atoms. The van der Waals surface area contributed by atoms with Crippen molar-refractivity contribution in [3.05, 3.63) is 58.1 Å². The van der Waals surface area contributed by atoms with Gasteiger partial charge in [0.25, 0.3) is 0 Å². The van der Waals surface area contributed by atoms with Crippen LogP contribution in [0.1, 0.15) is 16.7 Å². The Balaban J connectivity index is 1.78. The van der Waals surface area contributed by atoms with Crippen molar-refractivity contribution < 1.29 is 8.42 Å². The molecule has 1 heterocycles. The molecule has 134 valence electrons. The minimum atomic E-state index is -3.56. The molecule has 1 fully saturated rings. The van der Waals surface area contributed by atoms with Gasteiger partial charge in [0, 0.05) is 31.9 Å². The molecule has 6 heteroatoms. The van der Waals surface area contributed by atoms with Crippen LogP contribution in [-0.4, -0.2) is 38.9 Å². The lowest BCUT2D eigenvalue weighted by Crippen LogP contribution is -2.48. The second kappa shape index (κ2) is 6.98. The van der Waals surface area contributed by atoms with Crippen molar-refractivity contribution in [3.8, 4) is 0 Å². The number of hydrogen-bond donors (Lipinski definition) is 0. The van der Waals surface area contributed by atoms with Gasteiger partial charge in [0.1, 0.15) is 4.90 Å². The van der Waals surface area contributed by atoms with Crippen molar-refractivity contribution in [2.75, 3.05) is 31.1 Å². The topological polar surface area (TPSA) is 40.6 Å². The molecule has 2 aromatic carbocycles. The fourth-order valence-electron chi connectivity index (χ4n) is 3.20. The molecule has 2 aromatic rings. The fourth-order valence-corrected chi connectivity index (χ4v) is 5.20. The monoisotopic (exact) mass is 378 g/mol. The third-order valence-electron chi connectivity index (χ3n) is 4.86. The summed E-state index contributed by atoms with van der Waals surface area (Å²) in [6, 6.07) is 11.3. The lowest BCUT2D eigenvalue weighted by molar-refractivity contribution is 0.385. The predicted molar refractivity (Wildman–Crippen MR) is 103 cm³/mol. The van der Waals surface area contributed by atoms with Crippen molar-refractivity contribution in [2.24, 2.45) is 0 Å². The van der Waals surface area contributed by atoms with Gasteiger partial charge >= 0.3 is 0 Å². The van der Waals surface area contributed by atoms with Gasteiger partial charge in [0.05, 0.1) is 5.02 Å². The molecule has 3 rings (SSSR count). The summed E-state index contributed by atoms with van der Waals surface area (Å²) in [4.78, 5) is 2.45. The highest BCUT2D eigenvalue weighted by molar-refractivity contribution is 7.89. The number of benzene rings is 2. The zero-order valence-corrected chi connectivity index (χ0v) is 16.4.